The standard InChI is InChI=1S/C6H13NO2.C5H4ClN/c1-3-4-7-6(8)5-9-2;6-5-3-1-2-4-7-5/h3-5H2,1-2H3,(H,7,8);1-4H. The Labute approximate surface area is 101 Å². The zero-order valence-corrected chi connectivity index (χ0v) is 10.3. The summed E-state index contributed by atoms with van der Waals surface area (Å²) in [5.41, 5.74) is 0. The number of aromatic nitrogens is 1. The second-order valence-electron chi connectivity index (χ2n) is 2.94. The predicted molar refractivity (Wildman–Crippen MR) is 64.4 cm³/mol. The Balaban J connectivity index is 0.000000288. The molecule has 0 aliphatic rings. The van der Waals surface area contributed by atoms with Crippen molar-refractivity contribution in [3.63, 3.8) is 0 Å². The molecular weight excluding hydrogens is 228 g/mol. The molecule has 0 aliphatic carbocycles. The van der Waals surface area contributed by atoms with Crippen molar-refractivity contribution in [1.82, 2.24) is 10.3 Å². The van der Waals surface area contributed by atoms with Gasteiger partial charge in [-0.3, -0.25) is 4.79 Å². The summed E-state index contributed by atoms with van der Waals surface area (Å²) in [5, 5.41) is 3.21. The van der Waals surface area contributed by atoms with E-state index in [1.807, 2.05) is 19.1 Å². The number of amides is 1. The number of carbonyl (C=O) groups excluding carboxylic acids is 1. The second-order valence-corrected chi connectivity index (χ2v) is 3.32. The van der Waals surface area contributed by atoms with Crippen LogP contribution in [0.1, 0.15) is 13.3 Å². The molecule has 0 spiro atoms. The number of halogens is 1. The highest BCUT2D eigenvalue weighted by Crippen LogP contribution is 1.98. The summed E-state index contributed by atoms with van der Waals surface area (Å²) >= 11 is 5.43. The summed E-state index contributed by atoms with van der Waals surface area (Å²) in [7, 11) is 1.51. The number of ether oxygens (including phenoxy) is 1. The minimum Gasteiger partial charge on any atom is -0.375 e. The smallest absolute Gasteiger partial charge is 0.245 e. The van der Waals surface area contributed by atoms with Crippen LogP contribution < -0.4 is 5.32 Å². The van der Waals surface area contributed by atoms with Crippen molar-refractivity contribution in [1.29, 1.82) is 0 Å². The number of rotatable bonds is 4. The summed E-state index contributed by atoms with van der Waals surface area (Å²) in [6, 6.07) is 5.41. The van der Waals surface area contributed by atoms with Crippen LogP contribution in [0.15, 0.2) is 24.4 Å². The molecule has 0 saturated carbocycles. The van der Waals surface area contributed by atoms with Gasteiger partial charge in [0.05, 0.1) is 0 Å². The predicted octanol–water partition coefficient (Wildman–Crippen LogP) is 1.89. The van der Waals surface area contributed by atoms with Crippen LogP contribution in [0.2, 0.25) is 5.15 Å². The lowest BCUT2D eigenvalue weighted by Crippen LogP contribution is -2.27. The Morgan fingerprint density at radius 2 is 2.31 bits per heavy atom. The molecule has 1 aromatic heterocycles. The first-order chi connectivity index (χ1) is 7.70. The van der Waals surface area contributed by atoms with Crippen molar-refractivity contribution < 1.29 is 9.53 Å². The molecule has 0 atom stereocenters. The van der Waals surface area contributed by atoms with Gasteiger partial charge in [-0.1, -0.05) is 24.6 Å². The fourth-order valence-corrected chi connectivity index (χ4v) is 0.918. The van der Waals surface area contributed by atoms with Crippen molar-refractivity contribution in [2.24, 2.45) is 0 Å². The van der Waals surface area contributed by atoms with Gasteiger partial charge in [0.25, 0.3) is 0 Å². The number of hydrogen-bond donors (Lipinski definition) is 1. The molecule has 0 aliphatic heterocycles. The molecule has 1 heterocycles. The van der Waals surface area contributed by atoms with Gasteiger partial charge >= 0.3 is 0 Å². The minimum atomic E-state index is -0.0423. The van der Waals surface area contributed by atoms with Gasteiger partial charge in [-0.25, -0.2) is 4.98 Å². The summed E-state index contributed by atoms with van der Waals surface area (Å²) in [6.45, 7) is 2.91. The molecular formula is C11H17ClN2O2. The first-order valence-corrected chi connectivity index (χ1v) is 5.40. The van der Waals surface area contributed by atoms with Crippen molar-refractivity contribution >= 4 is 17.5 Å². The Bertz CT molecular complexity index is 281. The van der Waals surface area contributed by atoms with E-state index in [1.165, 1.54) is 7.11 Å². The highest BCUT2D eigenvalue weighted by molar-refractivity contribution is 6.29. The normalized spacial score (nSPS) is 8.94. The van der Waals surface area contributed by atoms with E-state index >= 15 is 0 Å². The highest BCUT2D eigenvalue weighted by Gasteiger charge is 1.94. The van der Waals surface area contributed by atoms with Crippen LogP contribution in [0.4, 0.5) is 0 Å². The Hall–Kier alpha value is -1.13. The summed E-state index contributed by atoms with van der Waals surface area (Å²) in [6.07, 6.45) is 2.62. The molecule has 1 aromatic rings. The lowest BCUT2D eigenvalue weighted by molar-refractivity contribution is -0.124. The van der Waals surface area contributed by atoms with E-state index in [-0.39, 0.29) is 12.5 Å². The molecule has 0 saturated heterocycles. The number of methoxy groups -OCH3 is 1. The topological polar surface area (TPSA) is 51.2 Å². The molecule has 4 nitrogen and oxygen atoms in total. The second kappa shape index (κ2) is 10.4. The van der Waals surface area contributed by atoms with E-state index in [1.54, 1.807) is 12.3 Å². The Kier molecular flexibility index (Phi) is 9.66. The van der Waals surface area contributed by atoms with Crippen LogP contribution in [0, 0.1) is 0 Å². The number of nitrogens with one attached hydrogen (secondary N) is 1. The largest absolute Gasteiger partial charge is 0.375 e. The molecule has 0 aromatic carbocycles. The third kappa shape index (κ3) is 9.43. The van der Waals surface area contributed by atoms with Crippen molar-refractivity contribution in [3.8, 4) is 0 Å². The van der Waals surface area contributed by atoms with Crippen LogP contribution in [0.25, 0.3) is 0 Å². The van der Waals surface area contributed by atoms with E-state index in [9.17, 15) is 4.79 Å². The molecule has 0 bridgehead atoms. The van der Waals surface area contributed by atoms with Gasteiger partial charge in [0, 0.05) is 19.9 Å². The fourth-order valence-electron chi connectivity index (χ4n) is 0.788. The van der Waals surface area contributed by atoms with Crippen LogP contribution in [0.3, 0.4) is 0 Å². The van der Waals surface area contributed by atoms with Crippen LogP contribution in [0.5, 0.6) is 0 Å². The average molecular weight is 245 g/mol. The van der Waals surface area contributed by atoms with Crippen molar-refractivity contribution in [2.45, 2.75) is 13.3 Å². The van der Waals surface area contributed by atoms with Crippen molar-refractivity contribution in [2.75, 3.05) is 20.3 Å². The van der Waals surface area contributed by atoms with E-state index in [2.05, 4.69) is 15.0 Å². The van der Waals surface area contributed by atoms with Gasteiger partial charge in [0.2, 0.25) is 5.91 Å². The zero-order valence-electron chi connectivity index (χ0n) is 9.57. The quantitative estimate of drug-likeness (QED) is 0.823. The Morgan fingerprint density at radius 1 is 1.56 bits per heavy atom. The first kappa shape index (κ1) is 14.9. The lowest BCUT2D eigenvalue weighted by atomic mass is 10.5. The maximum absolute atomic E-state index is 10.6. The number of nitrogens with zero attached hydrogens (tertiary/aromatic N) is 1. The zero-order chi connectivity index (χ0) is 12.2. The van der Waals surface area contributed by atoms with E-state index < -0.39 is 0 Å². The van der Waals surface area contributed by atoms with Crippen LogP contribution in [-0.4, -0.2) is 31.2 Å². The number of carbonyl (C=O) groups is 1. The fraction of sp³-hybridized carbons (Fsp3) is 0.455. The summed E-state index contributed by atoms with van der Waals surface area (Å²) in [4.78, 5) is 14.3. The molecule has 5 heteroatoms. The van der Waals surface area contributed by atoms with Gasteiger partial charge in [-0.15, -0.1) is 0 Å². The number of pyridine rings is 1. The maximum Gasteiger partial charge on any atom is 0.245 e. The van der Waals surface area contributed by atoms with Gasteiger partial charge in [0.15, 0.2) is 0 Å². The Morgan fingerprint density at radius 3 is 2.69 bits per heavy atom. The van der Waals surface area contributed by atoms with E-state index in [0.29, 0.717) is 5.15 Å². The summed E-state index contributed by atoms with van der Waals surface area (Å²) < 4.78 is 4.59. The molecule has 90 valence electrons. The molecule has 1 amide bonds. The van der Waals surface area contributed by atoms with E-state index in [0.717, 1.165) is 13.0 Å². The van der Waals surface area contributed by atoms with Crippen LogP contribution in [-0.2, 0) is 9.53 Å². The molecule has 16 heavy (non-hydrogen) atoms. The maximum atomic E-state index is 10.6. The molecule has 1 N–H and O–H groups in total. The minimum absolute atomic E-state index is 0.0423. The average Bonchev–Trinajstić information content (AvgIpc) is 2.29. The highest BCUT2D eigenvalue weighted by atomic mass is 35.5. The lowest BCUT2D eigenvalue weighted by Gasteiger charge is -1.99. The first-order valence-electron chi connectivity index (χ1n) is 5.02. The van der Waals surface area contributed by atoms with Gasteiger partial charge < -0.3 is 10.1 Å². The monoisotopic (exact) mass is 244 g/mol. The van der Waals surface area contributed by atoms with Crippen molar-refractivity contribution in [3.05, 3.63) is 29.5 Å². The third-order valence-electron chi connectivity index (χ3n) is 1.48. The number of hydrogen-bond acceptors (Lipinski definition) is 3. The van der Waals surface area contributed by atoms with E-state index in [4.69, 9.17) is 11.6 Å². The SMILES string of the molecule is CCCNC(=O)COC.Clc1ccccn1. The van der Waals surface area contributed by atoms with Gasteiger partial charge in [-0.2, -0.15) is 0 Å². The van der Waals surface area contributed by atoms with Crippen LogP contribution >= 0.6 is 11.6 Å². The molecule has 0 unspecified atom stereocenters. The van der Waals surface area contributed by atoms with Gasteiger partial charge in [-0.05, 0) is 18.6 Å². The third-order valence-corrected chi connectivity index (χ3v) is 1.70. The van der Waals surface area contributed by atoms with Gasteiger partial charge in [0.1, 0.15) is 11.8 Å². The molecule has 0 fully saturated rings. The molecule has 1 rings (SSSR count). The summed E-state index contributed by atoms with van der Waals surface area (Å²) in [5.74, 6) is -0.0423. The molecule has 0 radical (unpaired) electrons.